The van der Waals surface area contributed by atoms with E-state index in [0.717, 1.165) is 28.2 Å². The van der Waals surface area contributed by atoms with Crippen LogP contribution in [-0.4, -0.2) is 46.9 Å². The number of aliphatic hydroxyl groups is 4. The van der Waals surface area contributed by atoms with Crippen LogP contribution < -0.4 is 4.90 Å². The van der Waals surface area contributed by atoms with Crippen LogP contribution in [-0.2, 0) is 12.8 Å². The molecule has 0 aliphatic carbocycles. The molecule has 5 heteroatoms. The average Bonchev–Trinajstić information content (AvgIpc) is 2.84. The number of benzene rings is 3. The Morgan fingerprint density at radius 1 is 0.531 bits per heavy atom. The third-order valence-electron chi connectivity index (χ3n) is 5.76. The van der Waals surface area contributed by atoms with E-state index in [9.17, 15) is 20.4 Å². The number of aliphatic hydroxyl groups excluding tert-OH is 4. The van der Waals surface area contributed by atoms with Crippen molar-refractivity contribution in [3.63, 3.8) is 0 Å². The minimum atomic E-state index is -0.150. The van der Waals surface area contributed by atoms with E-state index in [4.69, 9.17) is 0 Å². The summed E-state index contributed by atoms with van der Waals surface area (Å²) in [5.41, 5.74) is 6.40. The number of aryl methyl sites for hydroxylation is 1. The molecule has 3 rings (SSSR count). The van der Waals surface area contributed by atoms with E-state index in [2.05, 4.69) is 60.4 Å². The van der Waals surface area contributed by atoms with Crippen molar-refractivity contribution in [3.8, 4) is 0 Å². The molecule has 32 heavy (non-hydrogen) atoms. The van der Waals surface area contributed by atoms with Gasteiger partial charge >= 0.3 is 0 Å². The zero-order chi connectivity index (χ0) is 22.9. The van der Waals surface area contributed by atoms with Crippen molar-refractivity contribution in [1.29, 1.82) is 0 Å². The first-order valence-electron chi connectivity index (χ1n) is 11.1. The molecule has 0 saturated carbocycles. The molecule has 170 valence electrons. The molecule has 0 unspecified atom stereocenters. The minimum Gasteiger partial charge on any atom is -0.396 e. The van der Waals surface area contributed by atoms with Gasteiger partial charge in [0, 0.05) is 55.3 Å². The molecule has 0 saturated heterocycles. The molecule has 0 bridgehead atoms. The van der Waals surface area contributed by atoms with E-state index >= 15 is 0 Å². The summed E-state index contributed by atoms with van der Waals surface area (Å²) in [6.07, 6.45) is 1.26. The molecular weight excluding hydrogens is 402 g/mol. The molecule has 0 radical (unpaired) electrons. The quantitative estimate of drug-likeness (QED) is 0.369. The lowest BCUT2D eigenvalue weighted by Gasteiger charge is -2.26. The second-order valence-electron chi connectivity index (χ2n) is 8.37. The highest BCUT2D eigenvalue weighted by Crippen LogP contribution is 2.35. The number of rotatable bonds is 11. The molecule has 5 nitrogen and oxygen atoms in total. The van der Waals surface area contributed by atoms with E-state index < -0.39 is 0 Å². The topological polar surface area (TPSA) is 84.2 Å². The maximum absolute atomic E-state index is 9.36. The first-order valence-corrected chi connectivity index (χ1v) is 11.1. The van der Waals surface area contributed by atoms with Gasteiger partial charge in [0.1, 0.15) is 0 Å². The van der Waals surface area contributed by atoms with Crippen LogP contribution >= 0.6 is 0 Å². The summed E-state index contributed by atoms with van der Waals surface area (Å²) >= 11 is 0. The van der Waals surface area contributed by atoms with Crippen LogP contribution in [0.2, 0.25) is 0 Å². The monoisotopic (exact) mass is 435 g/mol. The third-order valence-corrected chi connectivity index (χ3v) is 5.76. The molecule has 0 heterocycles. The maximum Gasteiger partial charge on any atom is 0.0484 e. The number of anilines is 3. The summed E-state index contributed by atoms with van der Waals surface area (Å²) in [5.74, 6) is -0.300. The predicted molar refractivity (Wildman–Crippen MR) is 129 cm³/mol. The van der Waals surface area contributed by atoms with Crippen LogP contribution in [0.4, 0.5) is 17.1 Å². The van der Waals surface area contributed by atoms with Crippen LogP contribution in [0.5, 0.6) is 0 Å². The lowest BCUT2D eigenvalue weighted by atomic mass is 9.99. The van der Waals surface area contributed by atoms with Gasteiger partial charge in [-0.15, -0.1) is 0 Å². The Hall–Kier alpha value is -2.70. The standard InChI is InChI=1S/C27H33NO4/c1-20-2-8-25(9-3-20)28(26-10-4-21(5-11-26)14-23(16-29)17-30)27-12-6-22(7-13-27)15-24(18-31)19-32/h2-13,23-24,29-32H,14-19H2,1H3. The van der Waals surface area contributed by atoms with Gasteiger partial charge in [0.25, 0.3) is 0 Å². The highest BCUT2D eigenvalue weighted by atomic mass is 16.3. The molecule has 0 amide bonds. The minimum absolute atomic E-state index is 0.0342. The molecule has 3 aromatic rings. The average molecular weight is 436 g/mol. The highest BCUT2D eigenvalue weighted by molar-refractivity contribution is 5.76. The summed E-state index contributed by atoms with van der Waals surface area (Å²) in [7, 11) is 0. The Balaban J connectivity index is 1.90. The van der Waals surface area contributed by atoms with Crippen molar-refractivity contribution < 1.29 is 20.4 Å². The van der Waals surface area contributed by atoms with Gasteiger partial charge in [0.05, 0.1) is 0 Å². The van der Waals surface area contributed by atoms with Gasteiger partial charge in [0.15, 0.2) is 0 Å². The van der Waals surface area contributed by atoms with Crippen molar-refractivity contribution in [2.24, 2.45) is 11.8 Å². The molecule has 0 aliphatic heterocycles. The Labute approximate surface area is 190 Å². The summed E-state index contributed by atoms with van der Waals surface area (Å²) in [5, 5.41) is 37.4. The predicted octanol–water partition coefficient (Wildman–Crippen LogP) is 3.75. The zero-order valence-corrected chi connectivity index (χ0v) is 18.6. The second-order valence-corrected chi connectivity index (χ2v) is 8.37. The second kappa shape index (κ2) is 11.8. The van der Waals surface area contributed by atoms with Gasteiger partial charge in [0.2, 0.25) is 0 Å². The van der Waals surface area contributed by atoms with Crippen LogP contribution in [0.15, 0.2) is 72.8 Å². The van der Waals surface area contributed by atoms with Gasteiger partial charge in [-0.25, -0.2) is 0 Å². The van der Waals surface area contributed by atoms with Gasteiger partial charge in [-0.3, -0.25) is 0 Å². The maximum atomic E-state index is 9.36. The third kappa shape index (κ3) is 6.17. The SMILES string of the molecule is Cc1ccc(N(c2ccc(CC(CO)CO)cc2)c2ccc(CC(CO)CO)cc2)cc1. The van der Waals surface area contributed by atoms with E-state index in [0.29, 0.717) is 12.8 Å². The fourth-order valence-corrected chi connectivity index (χ4v) is 3.74. The molecule has 0 aliphatic rings. The van der Waals surface area contributed by atoms with Crippen molar-refractivity contribution in [2.45, 2.75) is 19.8 Å². The van der Waals surface area contributed by atoms with Crippen LogP contribution in [0.25, 0.3) is 0 Å². The molecule has 0 atom stereocenters. The Bertz CT molecular complexity index is 873. The van der Waals surface area contributed by atoms with Crippen molar-refractivity contribution in [2.75, 3.05) is 31.3 Å². The molecule has 0 fully saturated rings. The smallest absolute Gasteiger partial charge is 0.0484 e. The van der Waals surface area contributed by atoms with E-state index in [1.54, 1.807) is 0 Å². The lowest BCUT2D eigenvalue weighted by Crippen LogP contribution is -2.15. The van der Waals surface area contributed by atoms with Crippen molar-refractivity contribution in [1.82, 2.24) is 0 Å². The Morgan fingerprint density at radius 3 is 1.16 bits per heavy atom. The molecule has 0 spiro atoms. The van der Waals surface area contributed by atoms with Crippen molar-refractivity contribution in [3.05, 3.63) is 89.5 Å². The van der Waals surface area contributed by atoms with Gasteiger partial charge in [-0.05, 0) is 67.3 Å². The van der Waals surface area contributed by atoms with Gasteiger partial charge in [-0.1, -0.05) is 42.0 Å². The van der Waals surface area contributed by atoms with Crippen LogP contribution in [0.1, 0.15) is 16.7 Å². The fourth-order valence-electron chi connectivity index (χ4n) is 3.74. The number of hydrogen-bond acceptors (Lipinski definition) is 5. The van der Waals surface area contributed by atoms with Gasteiger partial charge < -0.3 is 25.3 Å². The Morgan fingerprint density at radius 2 is 0.844 bits per heavy atom. The van der Waals surface area contributed by atoms with E-state index in [1.807, 2.05) is 24.3 Å². The molecule has 0 aromatic heterocycles. The zero-order valence-electron chi connectivity index (χ0n) is 18.6. The largest absolute Gasteiger partial charge is 0.396 e. The van der Waals surface area contributed by atoms with Gasteiger partial charge in [-0.2, -0.15) is 0 Å². The van der Waals surface area contributed by atoms with Crippen LogP contribution in [0, 0.1) is 18.8 Å². The summed E-state index contributed by atoms with van der Waals surface area (Å²) in [6.45, 7) is 1.93. The summed E-state index contributed by atoms with van der Waals surface area (Å²) < 4.78 is 0. The normalized spacial score (nSPS) is 11.3. The fraction of sp³-hybridized carbons (Fsp3) is 0.333. The number of nitrogens with zero attached hydrogens (tertiary/aromatic N) is 1. The van der Waals surface area contributed by atoms with Crippen molar-refractivity contribution >= 4 is 17.1 Å². The number of hydrogen-bond donors (Lipinski definition) is 4. The Kier molecular flexibility index (Phi) is 8.82. The first kappa shape index (κ1) is 24.0. The summed E-state index contributed by atoms with van der Waals surface area (Å²) in [4.78, 5) is 2.18. The van der Waals surface area contributed by atoms with E-state index in [-0.39, 0.29) is 38.3 Å². The first-order chi connectivity index (χ1) is 15.6. The highest BCUT2D eigenvalue weighted by Gasteiger charge is 2.14. The lowest BCUT2D eigenvalue weighted by molar-refractivity contribution is 0.150. The molecule has 3 aromatic carbocycles. The summed E-state index contributed by atoms with van der Waals surface area (Å²) in [6, 6.07) is 24.8. The molecular formula is C27H33NO4. The molecule has 4 N–H and O–H groups in total. The van der Waals surface area contributed by atoms with Crippen LogP contribution in [0.3, 0.4) is 0 Å². The van der Waals surface area contributed by atoms with E-state index in [1.165, 1.54) is 5.56 Å².